The average molecular weight is 170 g/mol. The first-order valence-electron chi connectivity index (χ1n) is 4.72. The summed E-state index contributed by atoms with van der Waals surface area (Å²) in [5.41, 5.74) is -0.161. The second-order valence-electron chi connectivity index (χ2n) is 4.28. The molecule has 1 unspecified atom stereocenters. The van der Waals surface area contributed by atoms with Gasteiger partial charge in [-0.05, 0) is 25.7 Å². The van der Waals surface area contributed by atoms with E-state index in [1.54, 1.807) is 0 Å². The number of carbonyl (C=O) groups is 1. The van der Waals surface area contributed by atoms with Crippen molar-refractivity contribution in [3.05, 3.63) is 0 Å². The monoisotopic (exact) mass is 170 g/mol. The molecule has 0 aliphatic carbocycles. The molecular formula is C10H18O2. The second kappa shape index (κ2) is 4.04. The molecule has 0 N–H and O–H groups in total. The van der Waals surface area contributed by atoms with Gasteiger partial charge in [0.05, 0.1) is 6.10 Å². The van der Waals surface area contributed by atoms with E-state index in [9.17, 15) is 4.79 Å². The lowest BCUT2D eigenvalue weighted by Gasteiger charge is -2.18. The first-order chi connectivity index (χ1) is 5.64. The zero-order valence-corrected chi connectivity index (χ0v) is 8.01. The minimum atomic E-state index is -0.161. The van der Waals surface area contributed by atoms with Crippen LogP contribution in [0.2, 0.25) is 0 Å². The molecule has 1 atom stereocenters. The van der Waals surface area contributed by atoms with E-state index < -0.39 is 0 Å². The first-order valence-corrected chi connectivity index (χ1v) is 4.72. The molecule has 1 aliphatic heterocycles. The Kier molecular flexibility index (Phi) is 3.27. The number of rotatable bonds is 4. The predicted octanol–water partition coefficient (Wildman–Crippen LogP) is 2.17. The Morgan fingerprint density at radius 3 is 2.83 bits per heavy atom. The fourth-order valence-electron chi connectivity index (χ4n) is 1.46. The molecule has 70 valence electrons. The predicted molar refractivity (Wildman–Crippen MR) is 48.1 cm³/mol. The highest BCUT2D eigenvalue weighted by Crippen LogP contribution is 2.24. The smallest absolute Gasteiger partial charge is 0.125 e. The zero-order valence-electron chi connectivity index (χ0n) is 8.01. The SMILES string of the molecule is CC(C)(C=O)CCC1CCCO1. The maximum atomic E-state index is 10.6. The third-order valence-corrected chi connectivity index (χ3v) is 2.45. The molecule has 0 aromatic heterocycles. The zero-order chi connectivity index (χ0) is 9.03. The molecule has 2 heteroatoms. The number of hydrogen-bond donors (Lipinski definition) is 0. The first kappa shape index (κ1) is 9.72. The minimum absolute atomic E-state index is 0.161. The third-order valence-electron chi connectivity index (χ3n) is 2.45. The Labute approximate surface area is 74.3 Å². The molecule has 1 heterocycles. The highest BCUT2D eigenvalue weighted by molar-refractivity contribution is 5.57. The topological polar surface area (TPSA) is 26.3 Å². The number of aldehydes is 1. The van der Waals surface area contributed by atoms with Gasteiger partial charge >= 0.3 is 0 Å². The second-order valence-corrected chi connectivity index (χ2v) is 4.28. The van der Waals surface area contributed by atoms with E-state index in [0.29, 0.717) is 6.10 Å². The number of ether oxygens (including phenoxy) is 1. The van der Waals surface area contributed by atoms with Gasteiger partial charge in [0.1, 0.15) is 6.29 Å². The van der Waals surface area contributed by atoms with Gasteiger partial charge in [-0.3, -0.25) is 0 Å². The molecular weight excluding hydrogens is 152 g/mol. The van der Waals surface area contributed by atoms with E-state index in [4.69, 9.17) is 4.74 Å². The summed E-state index contributed by atoms with van der Waals surface area (Å²) in [5, 5.41) is 0. The van der Waals surface area contributed by atoms with Crippen LogP contribution < -0.4 is 0 Å². The minimum Gasteiger partial charge on any atom is -0.378 e. The molecule has 1 rings (SSSR count). The van der Waals surface area contributed by atoms with Gasteiger partial charge in [0, 0.05) is 12.0 Å². The van der Waals surface area contributed by atoms with E-state index in [-0.39, 0.29) is 5.41 Å². The Balaban J connectivity index is 2.19. The molecule has 0 aromatic carbocycles. The van der Waals surface area contributed by atoms with Gasteiger partial charge in [0.25, 0.3) is 0 Å². The lowest BCUT2D eigenvalue weighted by molar-refractivity contribution is -0.115. The standard InChI is InChI=1S/C10H18O2/c1-10(2,8-11)6-5-9-4-3-7-12-9/h8-9H,3-7H2,1-2H3. The van der Waals surface area contributed by atoms with Crippen molar-refractivity contribution in [1.29, 1.82) is 0 Å². The van der Waals surface area contributed by atoms with E-state index in [2.05, 4.69) is 0 Å². The van der Waals surface area contributed by atoms with E-state index in [1.165, 1.54) is 12.8 Å². The third kappa shape index (κ3) is 2.94. The van der Waals surface area contributed by atoms with Crippen LogP contribution in [0.25, 0.3) is 0 Å². The Hall–Kier alpha value is -0.370. The normalized spacial score (nSPS) is 24.3. The van der Waals surface area contributed by atoms with E-state index in [0.717, 1.165) is 25.7 Å². The number of carbonyl (C=O) groups excluding carboxylic acids is 1. The summed E-state index contributed by atoms with van der Waals surface area (Å²) in [4.78, 5) is 10.6. The molecule has 2 nitrogen and oxygen atoms in total. The summed E-state index contributed by atoms with van der Waals surface area (Å²) < 4.78 is 5.48. The summed E-state index contributed by atoms with van der Waals surface area (Å²) in [6.45, 7) is 4.87. The average Bonchev–Trinajstić information content (AvgIpc) is 2.53. The summed E-state index contributed by atoms with van der Waals surface area (Å²) in [5.74, 6) is 0. The summed E-state index contributed by atoms with van der Waals surface area (Å²) in [7, 11) is 0. The van der Waals surface area contributed by atoms with E-state index >= 15 is 0 Å². The van der Waals surface area contributed by atoms with Crippen LogP contribution in [-0.2, 0) is 9.53 Å². The van der Waals surface area contributed by atoms with Crippen molar-refractivity contribution in [1.82, 2.24) is 0 Å². The van der Waals surface area contributed by atoms with Crippen molar-refractivity contribution >= 4 is 6.29 Å². The van der Waals surface area contributed by atoms with Crippen molar-refractivity contribution in [2.24, 2.45) is 5.41 Å². The van der Waals surface area contributed by atoms with Gasteiger partial charge in [0.15, 0.2) is 0 Å². The number of hydrogen-bond acceptors (Lipinski definition) is 2. The largest absolute Gasteiger partial charge is 0.378 e. The maximum absolute atomic E-state index is 10.6. The molecule has 0 saturated carbocycles. The van der Waals surface area contributed by atoms with Crippen molar-refractivity contribution < 1.29 is 9.53 Å². The van der Waals surface area contributed by atoms with Crippen molar-refractivity contribution in [2.45, 2.75) is 45.6 Å². The Bertz CT molecular complexity index is 146. The van der Waals surface area contributed by atoms with Crippen LogP contribution in [0.1, 0.15) is 39.5 Å². The van der Waals surface area contributed by atoms with Crippen LogP contribution in [-0.4, -0.2) is 19.0 Å². The molecule has 0 amide bonds. The van der Waals surface area contributed by atoms with Gasteiger partial charge in [0.2, 0.25) is 0 Å². The quantitative estimate of drug-likeness (QED) is 0.604. The maximum Gasteiger partial charge on any atom is 0.125 e. The van der Waals surface area contributed by atoms with Crippen molar-refractivity contribution in [2.75, 3.05) is 6.61 Å². The summed E-state index contributed by atoms with van der Waals surface area (Å²) in [6.07, 6.45) is 5.81. The van der Waals surface area contributed by atoms with Crippen LogP contribution in [0.5, 0.6) is 0 Å². The molecule has 12 heavy (non-hydrogen) atoms. The van der Waals surface area contributed by atoms with Crippen LogP contribution in [0.3, 0.4) is 0 Å². The van der Waals surface area contributed by atoms with Crippen LogP contribution in [0.15, 0.2) is 0 Å². The summed E-state index contributed by atoms with van der Waals surface area (Å²) in [6, 6.07) is 0. The van der Waals surface area contributed by atoms with Crippen molar-refractivity contribution in [3.8, 4) is 0 Å². The molecule has 0 aromatic rings. The fourth-order valence-corrected chi connectivity index (χ4v) is 1.46. The van der Waals surface area contributed by atoms with Gasteiger partial charge in [-0.1, -0.05) is 13.8 Å². The lowest BCUT2D eigenvalue weighted by Crippen LogP contribution is -2.16. The molecule has 0 radical (unpaired) electrons. The van der Waals surface area contributed by atoms with E-state index in [1.807, 2.05) is 13.8 Å². The van der Waals surface area contributed by atoms with Crippen LogP contribution in [0.4, 0.5) is 0 Å². The molecule has 1 fully saturated rings. The Morgan fingerprint density at radius 2 is 2.33 bits per heavy atom. The van der Waals surface area contributed by atoms with Gasteiger partial charge in [-0.2, -0.15) is 0 Å². The summed E-state index contributed by atoms with van der Waals surface area (Å²) >= 11 is 0. The lowest BCUT2D eigenvalue weighted by atomic mass is 9.88. The van der Waals surface area contributed by atoms with Crippen LogP contribution >= 0.6 is 0 Å². The molecule has 0 bridgehead atoms. The fraction of sp³-hybridized carbons (Fsp3) is 0.900. The van der Waals surface area contributed by atoms with Crippen molar-refractivity contribution in [3.63, 3.8) is 0 Å². The molecule has 0 spiro atoms. The van der Waals surface area contributed by atoms with Gasteiger partial charge in [-0.15, -0.1) is 0 Å². The van der Waals surface area contributed by atoms with Crippen LogP contribution in [0, 0.1) is 5.41 Å². The van der Waals surface area contributed by atoms with Gasteiger partial charge < -0.3 is 9.53 Å². The molecule has 1 aliphatic rings. The van der Waals surface area contributed by atoms with Gasteiger partial charge in [-0.25, -0.2) is 0 Å². The Morgan fingerprint density at radius 1 is 1.58 bits per heavy atom. The molecule has 1 saturated heterocycles. The highest BCUT2D eigenvalue weighted by atomic mass is 16.5. The highest BCUT2D eigenvalue weighted by Gasteiger charge is 2.21.